The number of rotatable bonds is 0. The second-order valence-electron chi connectivity index (χ2n) is 2.47. The monoisotopic (exact) mass is 260 g/mol. The van der Waals surface area contributed by atoms with Crippen molar-refractivity contribution in [3.8, 4) is 0 Å². The molecule has 0 aliphatic carbocycles. The zero-order chi connectivity index (χ0) is 9.42. The largest absolute Gasteiger partial charge is 0.207 e. The van der Waals surface area contributed by atoms with E-state index < -0.39 is 0 Å². The molecular formula is C8H3BrClFN2. The fraction of sp³-hybridized carbons (Fsp3) is 0. The highest BCUT2D eigenvalue weighted by molar-refractivity contribution is 9.10. The van der Waals surface area contributed by atoms with Crippen LogP contribution in [0.1, 0.15) is 0 Å². The number of aromatic nitrogens is 2. The van der Waals surface area contributed by atoms with Crippen LogP contribution in [0, 0.1) is 5.82 Å². The van der Waals surface area contributed by atoms with E-state index >= 15 is 0 Å². The van der Waals surface area contributed by atoms with Crippen LogP contribution in [-0.2, 0) is 0 Å². The molecule has 1 aromatic heterocycles. The number of halogens is 3. The third-order valence-corrected chi connectivity index (χ3v) is 2.79. The highest BCUT2D eigenvalue weighted by Gasteiger charge is 2.06. The summed E-state index contributed by atoms with van der Waals surface area (Å²) >= 11 is 9.04. The van der Waals surface area contributed by atoms with E-state index in [9.17, 15) is 4.39 Å². The number of fused-ring (bicyclic) bond motifs is 1. The van der Waals surface area contributed by atoms with Gasteiger partial charge in [-0.15, -0.1) is 10.2 Å². The standard InChI is InChI=1S/C8H3BrClFN2/c9-8-7(10)5-2-1-4(11)3-6(5)12-13-8/h1-3H. The second kappa shape index (κ2) is 3.20. The average molecular weight is 261 g/mol. The molecule has 0 saturated carbocycles. The molecule has 1 aromatic carbocycles. The van der Waals surface area contributed by atoms with Gasteiger partial charge in [-0.2, -0.15) is 0 Å². The molecule has 0 radical (unpaired) electrons. The van der Waals surface area contributed by atoms with Gasteiger partial charge in [-0.25, -0.2) is 4.39 Å². The molecule has 2 nitrogen and oxygen atoms in total. The van der Waals surface area contributed by atoms with E-state index in [0.29, 0.717) is 20.5 Å². The molecule has 0 spiro atoms. The quantitative estimate of drug-likeness (QED) is 0.728. The highest BCUT2D eigenvalue weighted by atomic mass is 79.9. The lowest BCUT2D eigenvalue weighted by atomic mass is 10.2. The SMILES string of the molecule is Fc1ccc2c(Cl)c(Br)nnc2c1. The Morgan fingerprint density at radius 1 is 1.31 bits per heavy atom. The smallest absolute Gasteiger partial charge is 0.148 e. The van der Waals surface area contributed by atoms with Crippen LogP contribution < -0.4 is 0 Å². The fourth-order valence-corrected chi connectivity index (χ4v) is 1.52. The van der Waals surface area contributed by atoms with Crippen LogP contribution in [0.4, 0.5) is 4.39 Å². The van der Waals surface area contributed by atoms with Crippen molar-refractivity contribution in [2.24, 2.45) is 0 Å². The third kappa shape index (κ3) is 1.51. The Hall–Kier alpha value is -0.740. The molecule has 0 fully saturated rings. The minimum Gasteiger partial charge on any atom is -0.207 e. The Morgan fingerprint density at radius 3 is 2.85 bits per heavy atom. The Morgan fingerprint density at radius 2 is 2.08 bits per heavy atom. The summed E-state index contributed by atoms with van der Waals surface area (Å²) in [7, 11) is 0. The van der Waals surface area contributed by atoms with Crippen molar-refractivity contribution in [2.75, 3.05) is 0 Å². The van der Waals surface area contributed by atoms with Gasteiger partial charge < -0.3 is 0 Å². The summed E-state index contributed by atoms with van der Waals surface area (Å²) in [6.45, 7) is 0. The van der Waals surface area contributed by atoms with Crippen molar-refractivity contribution in [3.05, 3.63) is 33.6 Å². The van der Waals surface area contributed by atoms with E-state index in [0.717, 1.165) is 0 Å². The molecule has 0 N–H and O–H groups in total. The van der Waals surface area contributed by atoms with Gasteiger partial charge >= 0.3 is 0 Å². The number of nitrogens with zero attached hydrogens (tertiary/aromatic N) is 2. The molecule has 13 heavy (non-hydrogen) atoms. The minimum absolute atomic E-state index is 0.347. The minimum atomic E-state index is -0.347. The van der Waals surface area contributed by atoms with Crippen LogP contribution in [-0.4, -0.2) is 10.2 Å². The van der Waals surface area contributed by atoms with Gasteiger partial charge in [-0.05, 0) is 28.1 Å². The third-order valence-electron chi connectivity index (χ3n) is 1.62. The van der Waals surface area contributed by atoms with Crippen LogP contribution in [0.3, 0.4) is 0 Å². The predicted molar refractivity (Wildman–Crippen MR) is 52.2 cm³/mol. The van der Waals surface area contributed by atoms with Crippen LogP contribution in [0.5, 0.6) is 0 Å². The molecule has 2 aromatic rings. The molecule has 0 atom stereocenters. The van der Waals surface area contributed by atoms with Gasteiger partial charge in [0.05, 0.1) is 10.5 Å². The van der Waals surface area contributed by atoms with E-state index in [1.54, 1.807) is 6.07 Å². The van der Waals surface area contributed by atoms with Gasteiger partial charge in [0.1, 0.15) is 10.4 Å². The Labute approximate surface area is 86.9 Å². The molecule has 0 aliphatic rings. The molecule has 5 heteroatoms. The lowest BCUT2D eigenvalue weighted by Gasteiger charge is -1.99. The molecule has 0 aliphatic heterocycles. The summed E-state index contributed by atoms with van der Waals surface area (Å²) in [6.07, 6.45) is 0. The predicted octanol–water partition coefficient (Wildman–Crippen LogP) is 3.18. The maximum absolute atomic E-state index is 12.7. The summed E-state index contributed by atoms with van der Waals surface area (Å²) in [5.74, 6) is -0.347. The first-order valence-electron chi connectivity index (χ1n) is 3.45. The fourth-order valence-electron chi connectivity index (χ4n) is 1.03. The number of hydrogen-bond acceptors (Lipinski definition) is 2. The van der Waals surface area contributed by atoms with Gasteiger partial charge in [0.25, 0.3) is 0 Å². The van der Waals surface area contributed by atoms with Crippen molar-refractivity contribution >= 4 is 38.4 Å². The van der Waals surface area contributed by atoms with Crippen LogP contribution in [0.25, 0.3) is 10.9 Å². The van der Waals surface area contributed by atoms with Gasteiger partial charge in [0.2, 0.25) is 0 Å². The molecule has 1 heterocycles. The maximum atomic E-state index is 12.7. The van der Waals surface area contributed by atoms with Crippen LogP contribution in [0.2, 0.25) is 5.02 Å². The molecule has 0 saturated heterocycles. The topological polar surface area (TPSA) is 25.8 Å². The average Bonchev–Trinajstić information content (AvgIpc) is 2.12. The molecule has 0 bridgehead atoms. The molecule has 2 rings (SSSR count). The Bertz CT molecular complexity index is 475. The maximum Gasteiger partial charge on any atom is 0.148 e. The number of benzene rings is 1. The van der Waals surface area contributed by atoms with Crippen molar-refractivity contribution < 1.29 is 4.39 Å². The second-order valence-corrected chi connectivity index (χ2v) is 3.60. The van der Waals surface area contributed by atoms with Crippen molar-refractivity contribution in [2.45, 2.75) is 0 Å². The van der Waals surface area contributed by atoms with E-state index in [1.165, 1.54) is 12.1 Å². The van der Waals surface area contributed by atoms with E-state index in [4.69, 9.17) is 11.6 Å². The Kier molecular flexibility index (Phi) is 2.17. The summed E-state index contributed by atoms with van der Waals surface area (Å²) in [5.41, 5.74) is 0.452. The van der Waals surface area contributed by atoms with Crippen LogP contribution in [0.15, 0.2) is 22.8 Å². The highest BCUT2D eigenvalue weighted by Crippen LogP contribution is 2.27. The van der Waals surface area contributed by atoms with E-state index in [2.05, 4.69) is 26.1 Å². The van der Waals surface area contributed by atoms with Gasteiger partial charge in [-0.1, -0.05) is 11.6 Å². The number of hydrogen-bond donors (Lipinski definition) is 0. The first-order chi connectivity index (χ1) is 6.18. The van der Waals surface area contributed by atoms with Crippen molar-refractivity contribution in [1.29, 1.82) is 0 Å². The van der Waals surface area contributed by atoms with Crippen molar-refractivity contribution in [1.82, 2.24) is 10.2 Å². The summed E-state index contributed by atoms with van der Waals surface area (Å²) in [4.78, 5) is 0. The molecule has 0 unspecified atom stereocenters. The van der Waals surface area contributed by atoms with Crippen molar-refractivity contribution in [3.63, 3.8) is 0 Å². The first kappa shape index (κ1) is 8.84. The first-order valence-corrected chi connectivity index (χ1v) is 4.62. The summed E-state index contributed by atoms with van der Waals surface area (Å²) < 4.78 is 13.2. The van der Waals surface area contributed by atoms with Gasteiger partial charge in [0, 0.05) is 11.5 Å². The van der Waals surface area contributed by atoms with Gasteiger partial charge in [-0.3, -0.25) is 0 Å². The Balaban J connectivity index is 2.87. The summed E-state index contributed by atoms with van der Waals surface area (Å²) in [6, 6.07) is 4.20. The molecular weight excluding hydrogens is 258 g/mol. The van der Waals surface area contributed by atoms with Gasteiger partial charge in [0.15, 0.2) is 0 Å². The summed E-state index contributed by atoms with van der Waals surface area (Å²) in [5, 5.41) is 8.63. The zero-order valence-electron chi connectivity index (χ0n) is 6.26. The van der Waals surface area contributed by atoms with E-state index in [1.807, 2.05) is 0 Å². The van der Waals surface area contributed by atoms with E-state index in [-0.39, 0.29) is 5.82 Å². The molecule has 0 amide bonds. The normalized spacial score (nSPS) is 10.7. The zero-order valence-corrected chi connectivity index (χ0v) is 8.60. The molecule has 66 valence electrons. The lowest BCUT2D eigenvalue weighted by molar-refractivity contribution is 0.629. The van der Waals surface area contributed by atoms with Crippen LogP contribution >= 0.6 is 27.5 Å². The lowest BCUT2D eigenvalue weighted by Crippen LogP contribution is -1.87.